The maximum absolute atomic E-state index is 13.9. The quantitative estimate of drug-likeness (QED) is 0.758. The van der Waals surface area contributed by atoms with Gasteiger partial charge >= 0.3 is 0 Å². The number of primary amides is 1. The van der Waals surface area contributed by atoms with Crippen LogP contribution in [0.25, 0.3) is 16.7 Å². The van der Waals surface area contributed by atoms with Crippen molar-refractivity contribution in [1.82, 2.24) is 19.5 Å². The van der Waals surface area contributed by atoms with E-state index in [9.17, 15) is 9.18 Å². The van der Waals surface area contributed by atoms with Gasteiger partial charge in [-0.15, -0.1) is 0 Å². The summed E-state index contributed by atoms with van der Waals surface area (Å²) in [5, 5.41) is 3.21. The minimum absolute atomic E-state index is 0.0133. The van der Waals surface area contributed by atoms with Crippen molar-refractivity contribution in [3.63, 3.8) is 0 Å². The topological polar surface area (TPSA) is 79.4 Å². The summed E-state index contributed by atoms with van der Waals surface area (Å²) in [6.45, 7) is 4.47. The fraction of sp³-hybridized carbons (Fsp3) is 0.474. The molecule has 1 aromatic carbocycles. The minimum atomic E-state index is -0.656. The van der Waals surface area contributed by atoms with E-state index in [1.807, 2.05) is 6.20 Å². The summed E-state index contributed by atoms with van der Waals surface area (Å²) in [5.41, 5.74) is 8.49. The molecule has 0 atom stereocenters. The van der Waals surface area contributed by atoms with Crippen molar-refractivity contribution in [2.75, 3.05) is 13.1 Å². The van der Waals surface area contributed by atoms with E-state index in [2.05, 4.69) is 21.9 Å². The van der Waals surface area contributed by atoms with Crippen molar-refractivity contribution >= 4 is 22.6 Å². The predicted molar refractivity (Wildman–Crippen MR) is 96.7 cm³/mol. The number of rotatable bonds is 3. The predicted octanol–water partition coefficient (Wildman–Crippen LogP) is 2.57. The van der Waals surface area contributed by atoms with Crippen LogP contribution in [0.15, 0.2) is 18.3 Å². The van der Waals surface area contributed by atoms with Crippen molar-refractivity contribution in [1.29, 1.82) is 0 Å². The molecule has 5 rings (SSSR count). The average molecular weight is 355 g/mol. The number of fused-ring (bicyclic) bond motifs is 3. The van der Waals surface area contributed by atoms with Crippen LogP contribution in [0.3, 0.4) is 0 Å². The fourth-order valence-electron chi connectivity index (χ4n) is 4.40. The van der Waals surface area contributed by atoms with Crippen molar-refractivity contribution in [3.8, 4) is 0 Å². The molecule has 1 saturated carbocycles. The Labute approximate surface area is 150 Å². The van der Waals surface area contributed by atoms with Gasteiger partial charge in [0, 0.05) is 29.3 Å². The molecule has 7 heteroatoms. The molecule has 136 valence electrons. The first-order valence-corrected chi connectivity index (χ1v) is 9.20. The second-order valence-corrected chi connectivity index (χ2v) is 7.97. The van der Waals surface area contributed by atoms with Crippen LogP contribution in [0.1, 0.15) is 48.5 Å². The van der Waals surface area contributed by atoms with Gasteiger partial charge in [-0.3, -0.25) is 9.89 Å². The molecular weight excluding hydrogens is 333 g/mol. The third-order valence-electron chi connectivity index (χ3n) is 6.18. The molecule has 1 aliphatic carbocycles. The van der Waals surface area contributed by atoms with E-state index >= 15 is 0 Å². The number of imidazole rings is 1. The van der Waals surface area contributed by atoms with Gasteiger partial charge in [0.25, 0.3) is 5.91 Å². The SMILES string of the molecule is CC1(c2c[nH]n3c2nc2cc(F)cc(C(N)=O)c23)CCN(C2CC2)CC1. The molecule has 0 unspecified atom stereocenters. The Bertz CT molecular complexity index is 1020. The lowest BCUT2D eigenvalue weighted by molar-refractivity contribution is 0.100. The number of piperidine rings is 1. The molecule has 0 bridgehead atoms. The fourth-order valence-corrected chi connectivity index (χ4v) is 4.40. The Morgan fingerprint density at radius 2 is 2.08 bits per heavy atom. The highest BCUT2D eigenvalue weighted by atomic mass is 19.1. The minimum Gasteiger partial charge on any atom is -0.366 e. The van der Waals surface area contributed by atoms with Gasteiger partial charge in [-0.25, -0.2) is 13.9 Å². The zero-order valence-corrected chi connectivity index (χ0v) is 14.8. The second kappa shape index (κ2) is 5.30. The molecule has 1 amide bonds. The Morgan fingerprint density at radius 3 is 2.73 bits per heavy atom. The number of aromatic nitrogens is 3. The summed E-state index contributed by atoms with van der Waals surface area (Å²) in [7, 11) is 0. The van der Waals surface area contributed by atoms with Gasteiger partial charge in [-0.05, 0) is 44.8 Å². The van der Waals surface area contributed by atoms with Gasteiger partial charge in [0.05, 0.1) is 11.1 Å². The van der Waals surface area contributed by atoms with Crippen LogP contribution in [0.2, 0.25) is 0 Å². The number of aromatic amines is 1. The maximum Gasteiger partial charge on any atom is 0.251 e. The van der Waals surface area contributed by atoms with E-state index < -0.39 is 11.7 Å². The van der Waals surface area contributed by atoms with Gasteiger partial charge < -0.3 is 10.6 Å². The van der Waals surface area contributed by atoms with Crippen molar-refractivity contribution in [2.24, 2.45) is 5.73 Å². The molecule has 2 aromatic heterocycles. The zero-order chi connectivity index (χ0) is 18.1. The molecule has 3 heterocycles. The highest BCUT2D eigenvalue weighted by Crippen LogP contribution is 2.40. The number of carbonyl (C=O) groups is 1. The molecule has 3 N–H and O–H groups in total. The Hall–Kier alpha value is -2.41. The number of halogens is 1. The monoisotopic (exact) mass is 355 g/mol. The van der Waals surface area contributed by atoms with E-state index in [1.165, 1.54) is 25.0 Å². The number of H-pyrrole nitrogens is 1. The summed E-state index contributed by atoms with van der Waals surface area (Å²) in [6.07, 6.45) is 6.77. The van der Waals surface area contributed by atoms with E-state index in [0.29, 0.717) is 11.0 Å². The number of hydrogen-bond donors (Lipinski definition) is 2. The first kappa shape index (κ1) is 15.8. The number of nitrogens with one attached hydrogen (secondary N) is 1. The molecule has 3 aromatic rings. The smallest absolute Gasteiger partial charge is 0.251 e. The number of hydrogen-bond acceptors (Lipinski definition) is 3. The normalized spacial score (nSPS) is 20.8. The Kier molecular flexibility index (Phi) is 3.22. The standard InChI is InChI=1S/C19H22FN5O/c1-19(4-6-24(7-5-19)12-2-3-12)14-10-22-25-16-13(17(21)26)8-11(20)9-15(16)23-18(14)25/h8-10,12,22H,2-7H2,1H3,(H2,21,26). The van der Waals surface area contributed by atoms with Crippen molar-refractivity contribution in [3.05, 3.63) is 35.3 Å². The van der Waals surface area contributed by atoms with Crippen molar-refractivity contribution in [2.45, 2.75) is 44.1 Å². The molecule has 1 saturated heterocycles. The molecular formula is C19H22FN5O. The van der Waals surface area contributed by atoms with E-state index in [4.69, 9.17) is 5.73 Å². The summed E-state index contributed by atoms with van der Waals surface area (Å²) in [6, 6.07) is 3.32. The highest BCUT2D eigenvalue weighted by molar-refractivity contribution is 6.05. The van der Waals surface area contributed by atoms with Gasteiger partial charge in [0.1, 0.15) is 11.3 Å². The molecule has 0 spiro atoms. The Morgan fingerprint density at radius 1 is 1.35 bits per heavy atom. The van der Waals surface area contributed by atoms with Crippen LogP contribution in [-0.4, -0.2) is 44.5 Å². The van der Waals surface area contributed by atoms with Crippen LogP contribution in [0, 0.1) is 5.82 Å². The average Bonchev–Trinajstić information content (AvgIpc) is 3.26. The third-order valence-corrected chi connectivity index (χ3v) is 6.18. The highest BCUT2D eigenvalue weighted by Gasteiger charge is 2.39. The van der Waals surface area contributed by atoms with E-state index in [0.717, 1.165) is 43.2 Å². The number of amides is 1. The maximum atomic E-state index is 13.9. The molecule has 1 aliphatic heterocycles. The van der Waals surface area contributed by atoms with Gasteiger partial charge in [-0.2, -0.15) is 0 Å². The zero-order valence-electron chi connectivity index (χ0n) is 14.8. The summed E-state index contributed by atoms with van der Waals surface area (Å²) >= 11 is 0. The Balaban J connectivity index is 1.61. The van der Waals surface area contributed by atoms with Crippen LogP contribution in [-0.2, 0) is 5.41 Å². The lowest BCUT2D eigenvalue weighted by atomic mass is 9.75. The lowest BCUT2D eigenvalue weighted by Gasteiger charge is -2.39. The summed E-state index contributed by atoms with van der Waals surface area (Å²) in [5.74, 6) is -1.16. The third kappa shape index (κ3) is 2.26. The lowest BCUT2D eigenvalue weighted by Crippen LogP contribution is -2.41. The number of benzene rings is 1. The number of likely N-dealkylation sites (tertiary alicyclic amines) is 1. The largest absolute Gasteiger partial charge is 0.366 e. The van der Waals surface area contributed by atoms with Gasteiger partial charge in [0.2, 0.25) is 0 Å². The molecule has 2 aliphatic rings. The molecule has 6 nitrogen and oxygen atoms in total. The van der Waals surface area contributed by atoms with Gasteiger partial charge in [-0.1, -0.05) is 6.92 Å². The van der Waals surface area contributed by atoms with Gasteiger partial charge in [0.15, 0.2) is 5.65 Å². The molecule has 0 radical (unpaired) electrons. The summed E-state index contributed by atoms with van der Waals surface area (Å²) < 4.78 is 15.6. The van der Waals surface area contributed by atoms with Crippen LogP contribution in [0.4, 0.5) is 4.39 Å². The molecule has 26 heavy (non-hydrogen) atoms. The summed E-state index contributed by atoms with van der Waals surface area (Å²) in [4.78, 5) is 19.0. The van der Waals surface area contributed by atoms with E-state index in [-0.39, 0.29) is 11.0 Å². The van der Waals surface area contributed by atoms with Crippen LogP contribution < -0.4 is 5.73 Å². The first-order valence-electron chi connectivity index (χ1n) is 9.20. The first-order chi connectivity index (χ1) is 12.5. The van der Waals surface area contributed by atoms with Crippen molar-refractivity contribution < 1.29 is 9.18 Å². The number of carbonyl (C=O) groups excluding carboxylic acids is 1. The van der Waals surface area contributed by atoms with E-state index in [1.54, 1.807) is 4.52 Å². The van der Waals surface area contributed by atoms with Crippen LogP contribution in [0.5, 0.6) is 0 Å². The molecule has 2 fully saturated rings. The van der Waals surface area contributed by atoms with Crippen LogP contribution >= 0.6 is 0 Å². The number of nitrogens with zero attached hydrogens (tertiary/aromatic N) is 3. The number of nitrogens with two attached hydrogens (primary N) is 1. The second-order valence-electron chi connectivity index (χ2n) is 7.97.